The molecule has 2 atom stereocenters. The third-order valence-electron chi connectivity index (χ3n) is 4.41. The van der Waals surface area contributed by atoms with Crippen molar-refractivity contribution >= 4 is 5.78 Å². The molecule has 130 valence electrons. The van der Waals surface area contributed by atoms with E-state index < -0.39 is 17.7 Å². The van der Waals surface area contributed by atoms with E-state index >= 15 is 0 Å². The van der Waals surface area contributed by atoms with Crippen LogP contribution in [0.4, 0.5) is 13.2 Å². The molecular weight excluding hydrogens is 333 g/mol. The van der Waals surface area contributed by atoms with Gasteiger partial charge < -0.3 is 10.5 Å². The minimum Gasteiger partial charge on any atom is -0.444 e. The lowest BCUT2D eigenvalue weighted by Crippen LogP contribution is -2.29. The van der Waals surface area contributed by atoms with Crippen molar-refractivity contribution in [3.05, 3.63) is 58.2 Å². The number of Topliss-reactive ketones (excluding diaryl/α,β-unsaturated/α-hetero) is 1. The zero-order chi connectivity index (χ0) is 18.4. The van der Waals surface area contributed by atoms with Gasteiger partial charge in [-0.1, -0.05) is 25.1 Å². The van der Waals surface area contributed by atoms with Crippen LogP contribution in [0.1, 0.15) is 36.8 Å². The van der Waals surface area contributed by atoms with Crippen LogP contribution in [0.5, 0.6) is 0 Å². The number of nitrogens with zero attached hydrogens (tertiary/aromatic N) is 1. The van der Waals surface area contributed by atoms with Crippen LogP contribution in [0.15, 0.2) is 47.1 Å². The van der Waals surface area contributed by atoms with Gasteiger partial charge >= 0.3 is 6.18 Å². The summed E-state index contributed by atoms with van der Waals surface area (Å²) in [7, 11) is 0. The molecule has 0 radical (unpaired) electrons. The highest BCUT2D eigenvalue weighted by molar-refractivity contribution is 5.99. The molecule has 0 spiro atoms. The molecule has 0 fully saturated rings. The van der Waals surface area contributed by atoms with Gasteiger partial charge in [0.2, 0.25) is 5.88 Å². The number of hydrogen-bond donors (Lipinski definition) is 1. The molecule has 0 bridgehead atoms. The topological polar surface area (TPSA) is 76.1 Å². The Kier molecular flexibility index (Phi) is 4.07. The van der Waals surface area contributed by atoms with Gasteiger partial charge in [-0.15, -0.1) is 0 Å². The number of hydrogen-bond acceptors (Lipinski definition) is 4. The fourth-order valence-electron chi connectivity index (χ4n) is 3.32. The minimum atomic E-state index is -4.52. The highest BCUT2D eigenvalue weighted by atomic mass is 19.4. The molecule has 2 aliphatic rings. The zero-order valence-corrected chi connectivity index (χ0v) is 13.4. The first-order chi connectivity index (χ1) is 11.7. The van der Waals surface area contributed by atoms with Crippen LogP contribution in [0, 0.1) is 17.2 Å². The van der Waals surface area contributed by atoms with E-state index in [1.165, 1.54) is 12.1 Å². The van der Waals surface area contributed by atoms with Gasteiger partial charge in [-0.25, -0.2) is 0 Å². The molecule has 7 heteroatoms. The van der Waals surface area contributed by atoms with Crippen molar-refractivity contribution in [1.29, 1.82) is 5.26 Å². The van der Waals surface area contributed by atoms with Gasteiger partial charge in [0.1, 0.15) is 17.4 Å². The Morgan fingerprint density at radius 2 is 2.04 bits per heavy atom. The van der Waals surface area contributed by atoms with Gasteiger partial charge in [0.25, 0.3) is 0 Å². The summed E-state index contributed by atoms with van der Waals surface area (Å²) < 4.78 is 44.6. The minimum absolute atomic E-state index is 0.0408. The summed E-state index contributed by atoms with van der Waals surface area (Å²) in [6.45, 7) is 1.88. The van der Waals surface area contributed by atoms with Crippen LogP contribution in [0.3, 0.4) is 0 Å². The van der Waals surface area contributed by atoms with Crippen molar-refractivity contribution in [2.75, 3.05) is 0 Å². The number of rotatable bonds is 1. The maximum atomic E-state index is 13.0. The highest BCUT2D eigenvalue weighted by Gasteiger charge is 2.40. The maximum absolute atomic E-state index is 13.0. The monoisotopic (exact) mass is 348 g/mol. The van der Waals surface area contributed by atoms with Crippen LogP contribution >= 0.6 is 0 Å². The molecule has 0 amide bonds. The number of carbonyl (C=O) groups is 1. The number of nitrogens with two attached hydrogens (primary N) is 1. The Morgan fingerprint density at radius 3 is 2.68 bits per heavy atom. The van der Waals surface area contributed by atoms with Gasteiger partial charge in [-0.3, -0.25) is 4.79 Å². The predicted octanol–water partition coefficient (Wildman–Crippen LogP) is 3.77. The lowest BCUT2D eigenvalue weighted by molar-refractivity contribution is -0.137. The summed E-state index contributed by atoms with van der Waals surface area (Å²) in [5, 5.41) is 9.43. The summed E-state index contributed by atoms with van der Waals surface area (Å²) in [5.74, 6) is -0.925. The average Bonchev–Trinajstić information content (AvgIpc) is 2.52. The summed E-state index contributed by atoms with van der Waals surface area (Å²) in [4.78, 5) is 12.5. The SMILES string of the molecule is C[C@H]1CC(=O)C2=C(C1)OC(N)=C(C#N)[C@H]2c1cccc(C(F)(F)F)c1. The maximum Gasteiger partial charge on any atom is 0.416 e. The molecule has 1 aromatic rings. The van der Waals surface area contributed by atoms with Crippen LogP contribution in [-0.4, -0.2) is 5.78 Å². The zero-order valence-electron chi connectivity index (χ0n) is 13.4. The third kappa shape index (κ3) is 3.00. The van der Waals surface area contributed by atoms with E-state index in [-0.39, 0.29) is 40.7 Å². The van der Waals surface area contributed by atoms with Crippen molar-refractivity contribution in [3.8, 4) is 6.07 Å². The molecule has 4 nitrogen and oxygen atoms in total. The molecule has 1 aromatic carbocycles. The Morgan fingerprint density at radius 1 is 1.32 bits per heavy atom. The van der Waals surface area contributed by atoms with Crippen LogP contribution in [0.25, 0.3) is 0 Å². The van der Waals surface area contributed by atoms with E-state index in [4.69, 9.17) is 10.5 Å². The first-order valence-corrected chi connectivity index (χ1v) is 7.73. The molecule has 0 saturated heterocycles. The lowest BCUT2D eigenvalue weighted by Gasteiger charge is -2.33. The average molecular weight is 348 g/mol. The molecule has 0 saturated carbocycles. The van der Waals surface area contributed by atoms with Gasteiger partial charge in [-0.2, -0.15) is 18.4 Å². The Hall–Kier alpha value is -2.75. The fourth-order valence-corrected chi connectivity index (χ4v) is 3.32. The standard InChI is InChI=1S/C18H15F3N2O2/c1-9-5-13(24)16-14(6-9)25-17(23)12(8-22)15(16)10-3-2-4-11(7-10)18(19,20)21/h2-4,7,9,15H,5-6,23H2,1H3/t9-,15+/m0/s1. The van der Waals surface area contributed by atoms with E-state index in [9.17, 15) is 23.2 Å². The molecule has 3 rings (SSSR count). The summed E-state index contributed by atoms with van der Waals surface area (Å²) in [6.07, 6.45) is -3.81. The van der Waals surface area contributed by atoms with Crippen molar-refractivity contribution in [3.63, 3.8) is 0 Å². The molecule has 1 aliphatic carbocycles. The number of allylic oxidation sites excluding steroid dienone is 3. The Labute approximate surface area is 142 Å². The van der Waals surface area contributed by atoms with E-state index in [1.54, 1.807) is 0 Å². The molecule has 1 aliphatic heterocycles. The molecule has 0 aromatic heterocycles. The smallest absolute Gasteiger partial charge is 0.416 e. The first kappa shape index (κ1) is 17.1. The van der Waals surface area contributed by atoms with Crippen LogP contribution in [0.2, 0.25) is 0 Å². The number of halogens is 3. The molecular formula is C18H15F3N2O2. The molecule has 0 unspecified atom stereocenters. The van der Waals surface area contributed by atoms with Gasteiger partial charge in [0, 0.05) is 18.4 Å². The van der Waals surface area contributed by atoms with Gasteiger partial charge in [0.05, 0.1) is 11.5 Å². The highest BCUT2D eigenvalue weighted by Crippen LogP contribution is 2.45. The molecule has 1 heterocycles. The van der Waals surface area contributed by atoms with Gasteiger partial charge in [-0.05, 0) is 17.5 Å². The lowest BCUT2D eigenvalue weighted by atomic mass is 9.75. The number of carbonyl (C=O) groups excluding carboxylic acids is 1. The Balaban J connectivity index is 2.18. The van der Waals surface area contributed by atoms with E-state index in [0.717, 1.165) is 12.1 Å². The van der Waals surface area contributed by atoms with Crippen LogP contribution < -0.4 is 5.73 Å². The summed E-state index contributed by atoms with van der Waals surface area (Å²) in [5.41, 5.74) is 5.36. The number of benzene rings is 1. The largest absolute Gasteiger partial charge is 0.444 e. The van der Waals surface area contributed by atoms with Gasteiger partial charge in [0.15, 0.2) is 5.78 Å². The molecule has 25 heavy (non-hydrogen) atoms. The second kappa shape index (κ2) is 5.96. The number of alkyl halides is 3. The normalized spacial score (nSPS) is 23.9. The third-order valence-corrected chi connectivity index (χ3v) is 4.41. The number of ketones is 1. The molecule has 2 N–H and O–H groups in total. The van der Waals surface area contributed by atoms with E-state index in [1.807, 2.05) is 13.0 Å². The number of nitriles is 1. The second-order valence-electron chi connectivity index (χ2n) is 6.32. The Bertz CT molecular complexity index is 847. The van der Waals surface area contributed by atoms with Crippen molar-refractivity contribution in [2.24, 2.45) is 11.7 Å². The summed E-state index contributed by atoms with van der Waals surface area (Å²) in [6, 6.07) is 6.51. The van der Waals surface area contributed by atoms with E-state index in [0.29, 0.717) is 12.2 Å². The predicted molar refractivity (Wildman–Crippen MR) is 82.5 cm³/mol. The number of ether oxygens (including phenoxy) is 1. The van der Waals surface area contributed by atoms with Crippen molar-refractivity contribution in [2.45, 2.75) is 31.9 Å². The second-order valence-corrected chi connectivity index (χ2v) is 6.32. The fraction of sp³-hybridized carbons (Fsp3) is 0.333. The summed E-state index contributed by atoms with van der Waals surface area (Å²) >= 11 is 0. The van der Waals surface area contributed by atoms with Crippen molar-refractivity contribution in [1.82, 2.24) is 0 Å². The van der Waals surface area contributed by atoms with Crippen molar-refractivity contribution < 1.29 is 22.7 Å². The van der Waals surface area contributed by atoms with Crippen LogP contribution in [-0.2, 0) is 15.7 Å². The quantitative estimate of drug-likeness (QED) is 0.838. The first-order valence-electron chi connectivity index (χ1n) is 7.73. The van der Waals surface area contributed by atoms with E-state index in [2.05, 4.69) is 0 Å².